The van der Waals surface area contributed by atoms with Gasteiger partial charge in [-0.1, -0.05) is 65.3 Å². The summed E-state index contributed by atoms with van der Waals surface area (Å²) in [5.41, 5.74) is 2.46. The zero-order valence-electron chi connectivity index (χ0n) is 27.5. The van der Waals surface area contributed by atoms with Gasteiger partial charge < -0.3 is 13.9 Å². The molecular weight excluding hydrogens is 496 g/mol. The van der Waals surface area contributed by atoms with Gasteiger partial charge in [0.15, 0.2) is 8.32 Å². The van der Waals surface area contributed by atoms with Crippen molar-refractivity contribution < 1.29 is 13.9 Å². The smallest absolute Gasteiger partial charge is 0.192 e. The van der Waals surface area contributed by atoms with Gasteiger partial charge in [0, 0.05) is 13.2 Å². The first-order valence-corrected chi connectivity index (χ1v) is 19.1. The molecule has 0 spiro atoms. The van der Waals surface area contributed by atoms with E-state index in [1.165, 1.54) is 51.4 Å². The molecular formula is C35H62O3Si. The Bertz CT molecular complexity index is 913. The van der Waals surface area contributed by atoms with Gasteiger partial charge in [0.2, 0.25) is 0 Å². The van der Waals surface area contributed by atoms with Crippen LogP contribution in [0.2, 0.25) is 18.1 Å². The molecule has 0 aromatic carbocycles. The molecule has 4 heteroatoms. The van der Waals surface area contributed by atoms with E-state index in [2.05, 4.69) is 86.7 Å². The van der Waals surface area contributed by atoms with Crippen LogP contribution < -0.4 is 0 Å². The topological polar surface area (TPSA) is 27.7 Å². The highest BCUT2D eigenvalue weighted by molar-refractivity contribution is 6.74. The summed E-state index contributed by atoms with van der Waals surface area (Å²) in [4.78, 5) is 0. The number of hydrogen-bond donors (Lipinski definition) is 0. The summed E-state index contributed by atoms with van der Waals surface area (Å²) in [6.45, 7) is 24.5. The molecule has 3 nitrogen and oxygen atoms in total. The van der Waals surface area contributed by atoms with Gasteiger partial charge in [-0.2, -0.15) is 0 Å². The van der Waals surface area contributed by atoms with E-state index in [0.29, 0.717) is 29.6 Å². The normalized spacial score (nSPS) is 38.2. The first-order valence-electron chi connectivity index (χ1n) is 16.2. The van der Waals surface area contributed by atoms with Crippen LogP contribution in [0, 0.1) is 40.4 Å². The lowest BCUT2D eigenvalue weighted by atomic mass is 9.47. The molecule has 0 saturated heterocycles. The molecule has 0 aliphatic heterocycles. The van der Waals surface area contributed by atoms with Crippen molar-refractivity contribution in [2.75, 3.05) is 13.9 Å². The average Bonchev–Trinajstić information content (AvgIpc) is 3.19. The van der Waals surface area contributed by atoms with E-state index in [9.17, 15) is 0 Å². The Morgan fingerprint density at radius 2 is 1.74 bits per heavy atom. The first kappa shape index (κ1) is 31.5. The third-order valence-electron chi connectivity index (χ3n) is 12.7. The van der Waals surface area contributed by atoms with Gasteiger partial charge in [-0.25, -0.2) is 0 Å². The lowest BCUT2D eigenvalue weighted by Gasteiger charge is -2.59. The standard InChI is InChI=1S/C35H62O3Si/c1-25(13-12-20-33(5,6)37-24-36-9)29-16-17-30-28-15-14-26-23-27(38-39(10,11)32(2,3)4)18-21-34(26,7)31(28)19-22-35(29,30)8/h12-14,25,27-31H,15-24H2,1-11H3/t25-,27?,28+,29-,30+,31+,34+,35-/m1/s1. The van der Waals surface area contributed by atoms with Gasteiger partial charge in [0.25, 0.3) is 0 Å². The molecule has 0 heterocycles. The molecule has 4 aliphatic rings. The second-order valence-corrected chi connectivity index (χ2v) is 21.3. The molecule has 8 atom stereocenters. The van der Waals surface area contributed by atoms with Crippen LogP contribution in [0.4, 0.5) is 0 Å². The SMILES string of the molecule is COCOC(C)(C)CC=C[C@@H](C)[C@H]1CC[C@H]2[C@@H]3CC=C4CC(O[Si](C)(C)C(C)(C)C)CC[C@]4(C)[C@H]3CC[C@]12C. The molecule has 224 valence electrons. The van der Waals surface area contributed by atoms with Crippen molar-refractivity contribution in [1.29, 1.82) is 0 Å². The Hall–Kier alpha value is -0.423. The first-order chi connectivity index (χ1) is 18.0. The third-order valence-corrected chi connectivity index (χ3v) is 17.2. The van der Waals surface area contributed by atoms with Gasteiger partial charge in [-0.15, -0.1) is 0 Å². The molecule has 4 rings (SSSR count). The maximum absolute atomic E-state index is 6.95. The van der Waals surface area contributed by atoms with Crippen molar-refractivity contribution in [2.24, 2.45) is 40.4 Å². The predicted octanol–water partition coefficient (Wildman–Crippen LogP) is 9.94. The number of hydrogen-bond acceptors (Lipinski definition) is 3. The molecule has 0 aromatic rings. The van der Waals surface area contributed by atoms with E-state index >= 15 is 0 Å². The minimum atomic E-state index is -1.73. The van der Waals surface area contributed by atoms with Crippen molar-refractivity contribution in [3.8, 4) is 0 Å². The molecule has 0 N–H and O–H groups in total. The Morgan fingerprint density at radius 3 is 2.41 bits per heavy atom. The van der Waals surface area contributed by atoms with E-state index in [-0.39, 0.29) is 10.6 Å². The molecule has 4 aliphatic carbocycles. The van der Waals surface area contributed by atoms with Crippen LogP contribution in [0.25, 0.3) is 0 Å². The maximum Gasteiger partial charge on any atom is 0.192 e. The fraction of sp³-hybridized carbons (Fsp3) is 0.886. The molecule has 0 amide bonds. The number of fused-ring (bicyclic) bond motifs is 5. The van der Waals surface area contributed by atoms with Crippen molar-refractivity contribution in [2.45, 2.75) is 143 Å². The van der Waals surface area contributed by atoms with Crippen molar-refractivity contribution in [3.63, 3.8) is 0 Å². The van der Waals surface area contributed by atoms with Crippen LogP contribution in [-0.4, -0.2) is 33.9 Å². The van der Waals surface area contributed by atoms with E-state index in [4.69, 9.17) is 13.9 Å². The van der Waals surface area contributed by atoms with Crippen molar-refractivity contribution in [3.05, 3.63) is 23.8 Å². The molecule has 1 unspecified atom stereocenters. The van der Waals surface area contributed by atoms with Crippen LogP contribution >= 0.6 is 0 Å². The van der Waals surface area contributed by atoms with E-state index in [1.807, 2.05) is 0 Å². The Morgan fingerprint density at radius 1 is 1.03 bits per heavy atom. The number of ether oxygens (including phenoxy) is 2. The third kappa shape index (κ3) is 6.20. The Kier molecular flexibility index (Phi) is 9.16. The Balaban J connectivity index is 1.43. The van der Waals surface area contributed by atoms with E-state index < -0.39 is 8.32 Å². The number of allylic oxidation sites excluding steroid dienone is 2. The number of methoxy groups -OCH3 is 1. The van der Waals surface area contributed by atoms with Crippen LogP contribution in [0.5, 0.6) is 0 Å². The minimum absolute atomic E-state index is 0.178. The van der Waals surface area contributed by atoms with Gasteiger partial charge in [-0.05, 0) is 130 Å². The summed E-state index contributed by atoms with van der Waals surface area (Å²) in [7, 11) is -0.0324. The summed E-state index contributed by atoms with van der Waals surface area (Å²) in [5, 5.41) is 0.285. The van der Waals surface area contributed by atoms with Crippen LogP contribution in [-0.2, 0) is 13.9 Å². The summed E-state index contributed by atoms with van der Waals surface area (Å²) in [6, 6.07) is 0. The molecule has 0 radical (unpaired) electrons. The van der Waals surface area contributed by atoms with Crippen LogP contribution in [0.15, 0.2) is 23.8 Å². The van der Waals surface area contributed by atoms with E-state index in [1.54, 1.807) is 12.7 Å². The fourth-order valence-electron chi connectivity index (χ4n) is 9.20. The highest BCUT2D eigenvalue weighted by atomic mass is 28.4. The van der Waals surface area contributed by atoms with Crippen LogP contribution in [0.3, 0.4) is 0 Å². The summed E-state index contributed by atoms with van der Waals surface area (Å²) in [6.07, 6.45) is 19.7. The molecule has 0 bridgehead atoms. The van der Waals surface area contributed by atoms with Gasteiger partial charge in [-0.3, -0.25) is 0 Å². The van der Waals surface area contributed by atoms with Crippen molar-refractivity contribution in [1.82, 2.24) is 0 Å². The van der Waals surface area contributed by atoms with E-state index in [0.717, 1.165) is 30.1 Å². The van der Waals surface area contributed by atoms with Gasteiger partial charge >= 0.3 is 0 Å². The summed E-state index contributed by atoms with van der Waals surface area (Å²) >= 11 is 0. The minimum Gasteiger partial charge on any atom is -0.414 e. The second kappa shape index (κ2) is 11.3. The highest BCUT2D eigenvalue weighted by Gasteiger charge is 2.59. The highest BCUT2D eigenvalue weighted by Crippen LogP contribution is 2.67. The van der Waals surface area contributed by atoms with Gasteiger partial charge in [0.1, 0.15) is 6.79 Å². The molecule has 3 fully saturated rings. The predicted molar refractivity (Wildman–Crippen MR) is 167 cm³/mol. The maximum atomic E-state index is 6.95. The molecule has 3 saturated carbocycles. The molecule has 39 heavy (non-hydrogen) atoms. The zero-order valence-corrected chi connectivity index (χ0v) is 28.5. The largest absolute Gasteiger partial charge is 0.414 e. The monoisotopic (exact) mass is 558 g/mol. The average molecular weight is 559 g/mol. The number of rotatable bonds is 9. The lowest BCUT2D eigenvalue weighted by Crippen LogP contribution is -2.52. The Labute approximate surface area is 243 Å². The van der Waals surface area contributed by atoms with Crippen LogP contribution in [0.1, 0.15) is 113 Å². The van der Waals surface area contributed by atoms with Crippen molar-refractivity contribution >= 4 is 8.32 Å². The zero-order chi connectivity index (χ0) is 28.9. The quantitative estimate of drug-likeness (QED) is 0.160. The fourth-order valence-corrected chi connectivity index (χ4v) is 10.6. The lowest BCUT2D eigenvalue weighted by molar-refractivity contribution is -0.112. The second-order valence-electron chi connectivity index (χ2n) is 16.5. The summed E-state index contributed by atoms with van der Waals surface area (Å²) < 4.78 is 17.9. The summed E-state index contributed by atoms with van der Waals surface area (Å²) in [5.74, 6) is 4.05. The van der Waals surface area contributed by atoms with Gasteiger partial charge in [0.05, 0.1) is 5.60 Å². The molecule has 0 aromatic heterocycles.